The van der Waals surface area contributed by atoms with E-state index in [1.54, 1.807) is 10.9 Å². The van der Waals surface area contributed by atoms with Crippen molar-refractivity contribution in [1.82, 2.24) is 30.3 Å². The Labute approximate surface area is 105 Å². The largest absolute Gasteiger partial charge is 0.345 e. The summed E-state index contributed by atoms with van der Waals surface area (Å²) in [4.78, 5) is 15.9. The molecule has 2 N–H and O–H groups in total. The van der Waals surface area contributed by atoms with Crippen LogP contribution in [0.3, 0.4) is 0 Å². The van der Waals surface area contributed by atoms with Crippen LogP contribution in [0.2, 0.25) is 0 Å². The molecule has 7 nitrogen and oxygen atoms in total. The first-order valence-electron chi connectivity index (χ1n) is 5.74. The fourth-order valence-corrected chi connectivity index (χ4v) is 1.46. The predicted molar refractivity (Wildman–Crippen MR) is 64.8 cm³/mol. The number of hydrogen-bond donors (Lipinski definition) is 2. The molecule has 0 aliphatic carbocycles. The molecule has 1 amide bonds. The van der Waals surface area contributed by atoms with Gasteiger partial charge in [0, 0.05) is 31.3 Å². The van der Waals surface area contributed by atoms with E-state index < -0.39 is 0 Å². The molecule has 2 heterocycles. The van der Waals surface area contributed by atoms with Crippen LogP contribution >= 0.6 is 0 Å². The molecule has 2 aromatic rings. The molecule has 18 heavy (non-hydrogen) atoms. The van der Waals surface area contributed by atoms with Gasteiger partial charge in [-0.3, -0.25) is 14.6 Å². The normalized spacial score (nSPS) is 10.9. The van der Waals surface area contributed by atoms with Gasteiger partial charge in [-0.15, -0.1) is 5.10 Å². The fourth-order valence-electron chi connectivity index (χ4n) is 1.46. The molecular weight excluding hydrogens is 232 g/mol. The van der Waals surface area contributed by atoms with E-state index in [-0.39, 0.29) is 17.6 Å². The van der Waals surface area contributed by atoms with Crippen molar-refractivity contribution in [2.24, 2.45) is 7.05 Å². The third-order valence-electron chi connectivity index (χ3n) is 2.46. The summed E-state index contributed by atoms with van der Waals surface area (Å²) in [7, 11) is 1.83. The molecule has 0 saturated carbocycles. The van der Waals surface area contributed by atoms with Crippen LogP contribution in [-0.2, 0) is 13.6 Å². The average Bonchev–Trinajstić information content (AvgIpc) is 2.94. The van der Waals surface area contributed by atoms with Gasteiger partial charge in [0.2, 0.25) is 5.82 Å². The first-order valence-corrected chi connectivity index (χ1v) is 5.74. The van der Waals surface area contributed by atoms with Crippen LogP contribution in [0, 0.1) is 0 Å². The minimum atomic E-state index is -0.290. The lowest BCUT2D eigenvalue weighted by atomic mass is 10.2. The summed E-state index contributed by atoms with van der Waals surface area (Å²) in [5, 5.41) is 13.4. The van der Waals surface area contributed by atoms with E-state index in [9.17, 15) is 4.79 Å². The molecule has 2 rings (SSSR count). The number of amides is 1. The standard InChI is InChI=1S/C11H16N6O/c1-7(2)9-14-10(16-15-9)11(18)12-4-8-5-13-17(3)6-8/h5-7H,4H2,1-3H3,(H,12,18)(H,14,15,16). The van der Waals surface area contributed by atoms with Crippen molar-refractivity contribution in [3.8, 4) is 0 Å². The van der Waals surface area contributed by atoms with Crippen molar-refractivity contribution in [2.45, 2.75) is 26.3 Å². The van der Waals surface area contributed by atoms with Crippen LogP contribution in [-0.4, -0.2) is 30.9 Å². The summed E-state index contributed by atoms with van der Waals surface area (Å²) in [5.74, 6) is 0.809. The number of nitrogens with zero attached hydrogens (tertiary/aromatic N) is 4. The summed E-state index contributed by atoms with van der Waals surface area (Å²) < 4.78 is 1.69. The second-order valence-electron chi connectivity index (χ2n) is 4.40. The third kappa shape index (κ3) is 2.73. The van der Waals surface area contributed by atoms with E-state index in [1.165, 1.54) is 0 Å². The molecule has 0 saturated heterocycles. The van der Waals surface area contributed by atoms with Crippen LogP contribution in [0.25, 0.3) is 0 Å². The van der Waals surface area contributed by atoms with Gasteiger partial charge >= 0.3 is 0 Å². The Kier molecular flexibility index (Phi) is 3.40. The first-order chi connectivity index (χ1) is 8.56. The second-order valence-corrected chi connectivity index (χ2v) is 4.40. The fraction of sp³-hybridized carbons (Fsp3) is 0.455. The van der Waals surface area contributed by atoms with Gasteiger partial charge in [0.05, 0.1) is 6.20 Å². The smallest absolute Gasteiger partial charge is 0.291 e. The molecule has 2 aromatic heterocycles. The number of hydrogen-bond acceptors (Lipinski definition) is 4. The number of carbonyl (C=O) groups is 1. The van der Waals surface area contributed by atoms with Gasteiger partial charge in [-0.25, -0.2) is 4.98 Å². The molecule has 0 atom stereocenters. The van der Waals surface area contributed by atoms with Gasteiger partial charge < -0.3 is 5.32 Å². The Morgan fingerprint density at radius 2 is 2.33 bits per heavy atom. The highest BCUT2D eigenvalue weighted by Crippen LogP contribution is 2.07. The quantitative estimate of drug-likeness (QED) is 0.829. The zero-order valence-corrected chi connectivity index (χ0v) is 10.6. The van der Waals surface area contributed by atoms with Crippen molar-refractivity contribution in [2.75, 3.05) is 0 Å². The van der Waals surface area contributed by atoms with E-state index >= 15 is 0 Å². The van der Waals surface area contributed by atoms with Crippen LogP contribution in [0.5, 0.6) is 0 Å². The van der Waals surface area contributed by atoms with Crippen LogP contribution in [0.15, 0.2) is 12.4 Å². The molecule has 0 unspecified atom stereocenters. The average molecular weight is 248 g/mol. The second kappa shape index (κ2) is 4.99. The number of rotatable bonds is 4. The first kappa shape index (κ1) is 12.3. The number of aryl methyl sites for hydroxylation is 1. The maximum Gasteiger partial charge on any atom is 0.291 e. The maximum absolute atomic E-state index is 11.8. The Balaban J connectivity index is 1.95. The van der Waals surface area contributed by atoms with Crippen molar-refractivity contribution in [3.05, 3.63) is 29.6 Å². The van der Waals surface area contributed by atoms with Crippen LogP contribution < -0.4 is 5.32 Å². The van der Waals surface area contributed by atoms with E-state index in [1.807, 2.05) is 27.1 Å². The lowest BCUT2D eigenvalue weighted by Gasteiger charge is -1.99. The minimum Gasteiger partial charge on any atom is -0.345 e. The van der Waals surface area contributed by atoms with Crippen LogP contribution in [0.1, 0.15) is 41.8 Å². The monoisotopic (exact) mass is 248 g/mol. The molecule has 0 aromatic carbocycles. The molecule has 0 spiro atoms. The molecular formula is C11H16N6O. The number of aromatic amines is 1. The van der Waals surface area contributed by atoms with E-state index in [0.717, 1.165) is 5.56 Å². The Morgan fingerprint density at radius 3 is 2.89 bits per heavy atom. The SMILES string of the molecule is CC(C)c1nc(C(=O)NCc2cnn(C)c2)n[nH]1. The molecule has 0 aliphatic rings. The van der Waals surface area contributed by atoms with Gasteiger partial charge in [0.25, 0.3) is 5.91 Å². The van der Waals surface area contributed by atoms with Crippen LogP contribution in [0.4, 0.5) is 0 Å². The van der Waals surface area contributed by atoms with Gasteiger partial charge in [0.15, 0.2) is 0 Å². The topological polar surface area (TPSA) is 88.5 Å². The number of aromatic nitrogens is 5. The van der Waals surface area contributed by atoms with E-state index in [4.69, 9.17) is 0 Å². The Bertz CT molecular complexity index is 541. The van der Waals surface area contributed by atoms with Crippen molar-refractivity contribution in [1.29, 1.82) is 0 Å². The summed E-state index contributed by atoms with van der Waals surface area (Å²) in [6, 6.07) is 0. The third-order valence-corrected chi connectivity index (χ3v) is 2.46. The van der Waals surface area contributed by atoms with Gasteiger partial charge in [-0.05, 0) is 0 Å². The van der Waals surface area contributed by atoms with E-state index in [0.29, 0.717) is 12.4 Å². The van der Waals surface area contributed by atoms with Gasteiger partial charge in [0.1, 0.15) is 5.82 Å². The molecule has 0 radical (unpaired) electrons. The minimum absolute atomic E-state index is 0.169. The van der Waals surface area contributed by atoms with Crippen molar-refractivity contribution >= 4 is 5.91 Å². The van der Waals surface area contributed by atoms with Crippen molar-refractivity contribution in [3.63, 3.8) is 0 Å². The number of carbonyl (C=O) groups excluding carboxylic acids is 1. The lowest BCUT2D eigenvalue weighted by molar-refractivity contribution is 0.0941. The number of nitrogens with one attached hydrogen (secondary N) is 2. The van der Waals surface area contributed by atoms with E-state index in [2.05, 4.69) is 25.6 Å². The molecule has 0 fully saturated rings. The van der Waals surface area contributed by atoms with Gasteiger partial charge in [-0.2, -0.15) is 5.10 Å². The van der Waals surface area contributed by atoms with Gasteiger partial charge in [-0.1, -0.05) is 13.8 Å². The summed E-state index contributed by atoms with van der Waals surface area (Å²) >= 11 is 0. The number of H-pyrrole nitrogens is 1. The summed E-state index contributed by atoms with van der Waals surface area (Å²) in [6.07, 6.45) is 3.55. The molecule has 7 heteroatoms. The molecule has 0 bridgehead atoms. The Morgan fingerprint density at radius 1 is 1.56 bits per heavy atom. The summed E-state index contributed by atoms with van der Waals surface area (Å²) in [6.45, 7) is 4.38. The highest BCUT2D eigenvalue weighted by molar-refractivity contribution is 5.90. The lowest BCUT2D eigenvalue weighted by Crippen LogP contribution is -2.23. The highest BCUT2D eigenvalue weighted by atomic mass is 16.2. The molecule has 0 aliphatic heterocycles. The zero-order chi connectivity index (χ0) is 13.1. The highest BCUT2D eigenvalue weighted by Gasteiger charge is 2.13. The Hall–Kier alpha value is -2.18. The maximum atomic E-state index is 11.8. The summed E-state index contributed by atoms with van der Waals surface area (Å²) in [5.41, 5.74) is 0.936. The van der Waals surface area contributed by atoms with Crippen molar-refractivity contribution < 1.29 is 4.79 Å². The predicted octanol–water partition coefficient (Wildman–Crippen LogP) is 0.592. The zero-order valence-electron chi connectivity index (χ0n) is 10.6. The molecule has 96 valence electrons.